The number of amides is 1. The van der Waals surface area contributed by atoms with Crippen molar-refractivity contribution in [3.05, 3.63) is 29.8 Å². The predicted octanol–water partition coefficient (Wildman–Crippen LogP) is 2.90. The Bertz CT molecular complexity index is 687. The van der Waals surface area contributed by atoms with Crippen LogP contribution < -0.4 is 10.6 Å². The summed E-state index contributed by atoms with van der Waals surface area (Å²) in [6.07, 6.45) is 0. The molecule has 22 heavy (non-hydrogen) atoms. The lowest BCUT2D eigenvalue weighted by molar-refractivity contribution is -0.115. The molecule has 1 aromatic carbocycles. The first-order chi connectivity index (χ1) is 10.5. The van der Waals surface area contributed by atoms with Gasteiger partial charge in [0.15, 0.2) is 10.1 Å². The Kier molecular flexibility index (Phi) is 5.51. The second-order valence-electron chi connectivity index (χ2n) is 4.47. The number of benzene rings is 1. The van der Waals surface area contributed by atoms with Gasteiger partial charge in [0.2, 0.25) is 11.0 Å². The molecule has 2 N–H and O–H groups in total. The minimum Gasteiger partial charge on any atom is -0.363 e. The van der Waals surface area contributed by atoms with E-state index in [0.717, 1.165) is 0 Å². The molecule has 2 aromatic rings. The van der Waals surface area contributed by atoms with Crippen LogP contribution in [0.15, 0.2) is 28.6 Å². The average molecular weight is 336 g/mol. The maximum atomic E-state index is 12.3. The number of carbonyl (C=O) groups excluding carboxylic acids is 2. The smallest absolute Gasteiger partial charge is 0.237 e. The number of hydrogen-bond acceptors (Lipinski definition) is 7. The van der Waals surface area contributed by atoms with Gasteiger partial charge in [-0.25, -0.2) is 0 Å². The van der Waals surface area contributed by atoms with Crippen LogP contribution in [0.2, 0.25) is 0 Å². The van der Waals surface area contributed by atoms with Gasteiger partial charge >= 0.3 is 0 Å². The number of thioether (sulfide) groups is 1. The highest BCUT2D eigenvalue weighted by Crippen LogP contribution is 2.29. The summed E-state index contributed by atoms with van der Waals surface area (Å²) < 4.78 is 0.715. The minimum atomic E-state index is -0.349. The Morgan fingerprint density at radius 3 is 2.64 bits per heavy atom. The highest BCUT2D eigenvalue weighted by atomic mass is 32.2. The van der Waals surface area contributed by atoms with Crippen LogP contribution in [0.1, 0.15) is 24.2 Å². The summed E-state index contributed by atoms with van der Waals surface area (Å²) in [7, 11) is 1.77. The molecular weight excluding hydrogens is 320 g/mol. The molecule has 0 aliphatic heterocycles. The van der Waals surface area contributed by atoms with E-state index in [1.807, 2.05) is 0 Å². The van der Waals surface area contributed by atoms with Crippen LogP contribution in [0, 0.1) is 0 Å². The standard InChI is InChI=1S/C14H16N4O2S2/c1-8(19)10-6-4-5-7-11(10)16-12(20)9(2)21-14-18-17-13(15-3)22-14/h4-7,9H,1-3H3,(H,15,17)(H,16,20)/t9-/m0/s1. The van der Waals surface area contributed by atoms with Gasteiger partial charge in [-0.1, -0.05) is 35.2 Å². The third kappa shape index (κ3) is 4.05. The molecule has 6 nitrogen and oxygen atoms in total. The Hall–Kier alpha value is -1.93. The molecule has 116 valence electrons. The van der Waals surface area contributed by atoms with E-state index in [0.29, 0.717) is 20.7 Å². The number of Topliss-reactive ketones (excluding diaryl/α,β-unsaturated/α-hetero) is 1. The van der Waals surface area contributed by atoms with Crippen molar-refractivity contribution in [2.24, 2.45) is 0 Å². The molecule has 0 saturated carbocycles. The normalized spacial score (nSPS) is 11.8. The van der Waals surface area contributed by atoms with Gasteiger partial charge in [-0.05, 0) is 26.0 Å². The summed E-state index contributed by atoms with van der Waals surface area (Å²) in [6.45, 7) is 3.26. The fourth-order valence-electron chi connectivity index (χ4n) is 1.70. The quantitative estimate of drug-likeness (QED) is 0.623. The number of rotatable bonds is 6. The highest BCUT2D eigenvalue weighted by molar-refractivity contribution is 8.02. The van der Waals surface area contributed by atoms with Crippen molar-refractivity contribution < 1.29 is 9.59 Å². The van der Waals surface area contributed by atoms with Gasteiger partial charge in [-0.2, -0.15) is 0 Å². The molecular formula is C14H16N4O2S2. The third-order valence-corrected chi connectivity index (χ3v) is 4.96. The number of carbonyl (C=O) groups is 2. The Labute approximate surface area is 136 Å². The van der Waals surface area contributed by atoms with Crippen LogP contribution in [-0.2, 0) is 4.79 Å². The number of nitrogens with one attached hydrogen (secondary N) is 2. The van der Waals surface area contributed by atoms with Crippen molar-refractivity contribution in [1.82, 2.24) is 10.2 Å². The van der Waals surface area contributed by atoms with Gasteiger partial charge in [0, 0.05) is 12.6 Å². The van der Waals surface area contributed by atoms with E-state index in [-0.39, 0.29) is 16.9 Å². The molecule has 1 heterocycles. The van der Waals surface area contributed by atoms with Crippen molar-refractivity contribution in [1.29, 1.82) is 0 Å². The summed E-state index contributed by atoms with van der Waals surface area (Å²) in [6, 6.07) is 6.96. The first-order valence-electron chi connectivity index (χ1n) is 6.60. The lowest BCUT2D eigenvalue weighted by Gasteiger charge is -2.12. The molecule has 2 rings (SSSR count). The molecule has 0 bridgehead atoms. The van der Waals surface area contributed by atoms with Crippen LogP contribution in [0.25, 0.3) is 0 Å². The fraction of sp³-hybridized carbons (Fsp3) is 0.286. The Balaban J connectivity index is 2.04. The summed E-state index contributed by atoms with van der Waals surface area (Å²) in [5.41, 5.74) is 1.03. The van der Waals surface area contributed by atoms with Crippen molar-refractivity contribution in [2.45, 2.75) is 23.4 Å². The van der Waals surface area contributed by atoms with E-state index >= 15 is 0 Å². The van der Waals surface area contributed by atoms with Gasteiger partial charge in [-0.15, -0.1) is 10.2 Å². The Morgan fingerprint density at radius 2 is 2.00 bits per heavy atom. The number of anilines is 2. The molecule has 0 spiro atoms. The topological polar surface area (TPSA) is 84.0 Å². The maximum absolute atomic E-state index is 12.3. The summed E-state index contributed by atoms with van der Waals surface area (Å²) in [5, 5.41) is 14.0. The zero-order chi connectivity index (χ0) is 16.1. The van der Waals surface area contributed by atoms with E-state index in [9.17, 15) is 9.59 Å². The summed E-state index contributed by atoms with van der Waals surface area (Å²) in [4.78, 5) is 23.8. The zero-order valence-electron chi connectivity index (χ0n) is 12.4. The highest BCUT2D eigenvalue weighted by Gasteiger charge is 2.18. The second-order valence-corrected chi connectivity index (χ2v) is 7.04. The van der Waals surface area contributed by atoms with Crippen LogP contribution >= 0.6 is 23.1 Å². The first-order valence-corrected chi connectivity index (χ1v) is 8.29. The van der Waals surface area contributed by atoms with E-state index in [1.54, 1.807) is 38.2 Å². The van der Waals surface area contributed by atoms with Crippen molar-refractivity contribution in [3.8, 4) is 0 Å². The van der Waals surface area contributed by atoms with Gasteiger partial charge in [0.05, 0.1) is 10.9 Å². The second kappa shape index (κ2) is 7.37. The molecule has 1 atom stereocenters. The van der Waals surface area contributed by atoms with Gasteiger partial charge < -0.3 is 10.6 Å². The maximum Gasteiger partial charge on any atom is 0.237 e. The zero-order valence-corrected chi connectivity index (χ0v) is 14.0. The molecule has 0 aliphatic carbocycles. The van der Waals surface area contributed by atoms with Gasteiger partial charge in [0.25, 0.3) is 0 Å². The lowest BCUT2D eigenvalue weighted by Crippen LogP contribution is -2.23. The van der Waals surface area contributed by atoms with E-state index in [4.69, 9.17) is 0 Å². The van der Waals surface area contributed by atoms with Crippen molar-refractivity contribution >= 4 is 45.6 Å². The number of aromatic nitrogens is 2. The van der Waals surface area contributed by atoms with Crippen LogP contribution in [0.3, 0.4) is 0 Å². The number of para-hydroxylation sites is 1. The average Bonchev–Trinajstić information content (AvgIpc) is 2.95. The van der Waals surface area contributed by atoms with Crippen molar-refractivity contribution in [3.63, 3.8) is 0 Å². The molecule has 0 radical (unpaired) electrons. The Morgan fingerprint density at radius 1 is 1.27 bits per heavy atom. The van der Waals surface area contributed by atoms with Crippen LogP contribution in [-0.4, -0.2) is 34.2 Å². The minimum absolute atomic E-state index is 0.0843. The lowest BCUT2D eigenvalue weighted by atomic mass is 10.1. The third-order valence-electron chi connectivity index (χ3n) is 2.83. The van der Waals surface area contributed by atoms with E-state index in [1.165, 1.54) is 30.0 Å². The van der Waals surface area contributed by atoms with Crippen LogP contribution in [0.4, 0.5) is 10.8 Å². The monoisotopic (exact) mass is 336 g/mol. The SMILES string of the molecule is CNc1nnc(S[C@@H](C)C(=O)Nc2ccccc2C(C)=O)s1. The van der Waals surface area contributed by atoms with Crippen LogP contribution in [0.5, 0.6) is 0 Å². The number of nitrogens with zero attached hydrogens (tertiary/aromatic N) is 2. The fourth-order valence-corrected chi connectivity index (χ4v) is 3.55. The molecule has 0 aliphatic rings. The van der Waals surface area contributed by atoms with Crippen molar-refractivity contribution in [2.75, 3.05) is 17.7 Å². The number of hydrogen-bond donors (Lipinski definition) is 2. The summed E-state index contributed by atoms with van der Waals surface area (Å²) >= 11 is 2.72. The molecule has 0 unspecified atom stereocenters. The van der Waals surface area contributed by atoms with E-state index < -0.39 is 0 Å². The first kappa shape index (κ1) is 16.4. The molecule has 1 amide bonds. The van der Waals surface area contributed by atoms with E-state index in [2.05, 4.69) is 20.8 Å². The number of ketones is 1. The molecule has 0 saturated heterocycles. The van der Waals surface area contributed by atoms with Gasteiger partial charge in [0.1, 0.15) is 0 Å². The van der Waals surface area contributed by atoms with Gasteiger partial charge in [-0.3, -0.25) is 9.59 Å². The largest absolute Gasteiger partial charge is 0.363 e. The summed E-state index contributed by atoms with van der Waals surface area (Å²) in [5.74, 6) is -0.265. The molecule has 1 aromatic heterocycles. The predicted molar refractivity (Wildman–Crippen MR) is 89.9 cm³/mol. The molecule has 8 heteroatoms. The molecule has 0 fully saturated rings.